The maximum absolute atomic E-state index is 11.6. The molecule has 100 valence electrons. The van der Waals surface area contributed by atoms with Gasteiger partial charge in [-0.2, -0.15) is 0 Å². The van der Waals surface area contributed by atoms with Crippen molar-refractivity contribution in [3.8, 4) is 0 Å². The van der Waals surface area contributed by atoms with Crippen LogP contribution >= 0.6 is 39.0 Å². The SMILES string of the molecule is CC(=O)c1cc(Br)ccc1Sc1nnc(N(C)C)s1. The van der Waals surface area contributed by atoms with Crippen molar-refractivity contribution in [2.75, 3.05) is 19.0 Å². The molecule has 2 rings (SSSR count). The molecule has 1 aromatic heterocycles. The summed E-state index contributed by atoms with van der Waals surface area (Å²) >= 11 is 6.35. The Balaban J connectivity index is 2.29. The normalized spacial score (nSPS) is 10.5. The van der Waals surface area contributed by atoms with Crippen LogP contribution in [-0.4, -0.2) is 30.1 Å². The third kappa shape index (κ3) is 3.55. The van der Waals surface area contributed by atoms with Crippen LogP contribution in [0.25, 0.3) is 0 Å². The predicted molar refractivity (Wildman–Crippen MR) is 82.5 cm³/mol. The Morgan fingerprint density at radius 2 is 2.11 bits per heavy atom. The van der Waals surface area contributed by atoms with Crippen molar-refractivity contribution in [1.29, 1.82) is 0 Å². The van der Waals surface area contributed by atoms with Gasteiger partial charge in [-0.05, 0) is 25.1 Å². The number of benzene rings is 1. The van der Waals surface area contributed by atoms with Gasteiger partial charge >= 0.3 is 0 Å². The molecule has 0 N–H and O–H groups in total. The van der Waals surface area contributed by atoms with E-state index in [1.807, 2.05) is 37.2 Å². The Kier molecular flexibility index (Phi) is 4.59. The van der Waals surface area contributed by atoms with Crippen molar-refractivity contribution < 1.29 is 4.79 Å². The van der Waals surface area contributed by atoms with Crippen LogP contribution in [0.1, 0.15) is 17.3 Å². The van der Waals surface area contributed by atoms with E-state index in [4.69, 9.17) is 0 Å². The highest BCUT2D eigenvalue weighted by molar-refractivity contribution is 9.10. The van der Waals surface area contributed by atoms with Gasteiger partial charge < -0.3 is 4.90 Å². The van der Waals surface area contributed by atoms with Gasteiger partial charge in [0.15, 0.2) is 10.1 Å². The molecule has 0 aliphatic carbocycles. The number of carbonyl (C=O) groups excluding carboxylic acids is 1. The number of carbonyl (C=O) groups is 1. The van der Waals surface area contributed by atoms with Crippen molar-refractivity contribution in [3.63, 3.8) is 0 Å². The number of halogens is 1. The summed E-state index contributed by atoms with van der Waals surface area (Å²) in [5.41, 5.74) is 0.695. The number of aromatic nitrogens is 2. The molecule has 1 heterocycles. The summed E-state index contributed by atoms with van der Waals surface area (Å²) in [6.07, 6.45) is 0. The van der Waals surface area contributed by atoms with E-state index in [-0.39, 0.29) is 5.78 Å². The Hall–Kier alpha value is -0.920. The standard InChI is InChI=1S/C12H12BrN3OS2/c1-7(17)9-6-8(13)4-5-10(9)18-12-15-14-11(19-12)16(2)3/h4-6H,1-3H3. The molecule has 7 heteroatoms. The topological polar surface area (TPSA) is 46.1 Å². The number of hydrogen-bond donors (Lipinski definition) is 0. The van der Waals surface area contributed by atoms with Crippen LogP contribution in [0, 0.1) is 0 Å². The number of nitrogens with zero attached hydrogens (tertiary/aromatic N) is 3. The fourth-order valence-corrected chi connectivity index (χ4v) is 3.63. The largest absolute Gasteiger partial charge is 0.353 e. The van der Waals surface area contributed by atoms with Crippen molar-refractivity contribution in [2.24, 2.45) is 0 Å². The second-order valence-electron chi connectivity index (χ2n) is 4.04. The molecule has 0 radical (unpaired) electrons. The Morgan fingerprint density at radius 3 is 2.68 bits per heavy atom. The molecule has 19 heavy (non-hydrogen) atoms. The number of rotatable bonds is 4. The zero-order valence-corrected chi connectivity index (χ0v) is 13.9. The van der Waals surface area contributed by atoms with Crippen molar-refractivity contribution in [2.45, 2.75) is 16.2 Å². The van der Waals surface area contributed by atoms with Gasteiger partial charge in [0.2, 0.25) is 5.13 Å². The van der Waals surface area contributed by atoms with Crippen LogP contribution in [0.4, 0.5) is 5.13 Å². The van der Waals surface area contributed by atoms with Gasteiger partial charge in [0.1, 0.15) is 0 Å². The monoisotopic (exact) mass is 357 g/mol. The quantitative estimate of drug-likeness (QED) is 0.780. The van der Waals surface area contributed by atoms with Crippen LogP contribution in [0.3, 0.4) is 0 Å². The summed E-state index contributed by atoms with van der Waals surface area (Å²) in [6.45, 7) is 1.57. The fraction of sp³-hybridized carbons (Fsp3) is 0.250. The van der Waals surface area contributed by atoms with Crippen molar-refractivity contribution in [1.82, 2.24) is 10.2 Å². The minimum absolute atomic E-state index is 0.0427. The van der Waals surface area contributed by atoms with E-state index in [0.29, 0.717) is 5.56 Å². The highest BCUT2D eigenvalue weighted by Gasteiger charge is 2.13. The van der Waals surface area contributed by atoms with Crippen molar-refractivity contribution >= 4 is 49.9 Å². The molecule has 0 aliphatic rings. The van der Waals surface area contributed by atoms with Gasteiger partial charge in [-0.15, -0.1) is 10.2 Å². The highest BCUT2D eigenvalue weighted by atomic mass is 79.9. The second kappa shape index (κ2) is 6.02. The third-order valence-electron chi connectivity index (χ3n) is 2.30. The molecule has 0 fully saturated rings. The molecule has 1 aromatic carbocycles. The smallest absolute Gasteiger partial charge is 0.208 e. The molecule has 0 spiro atoms. The number of hydrogen-bond acceptors (Lipinski definition) is 6. The van der Waals surface area contributed by atoms with Crippen LogP contribution < -0.4 is 4.90 Å². The first-order valence-corrected chi connectivity index (χ1v) is 7.89. The molecule has 0 saturated heterocycles. The first kappa shape index (κ1) is 14.5. The van der Waals surface area contributed by atoms with E-state index >= 15 is 0 Å². The van der Waals surface area contributed by atoms with Gasteiger partial charge in [0.05, 0.1) is 0 Å². The Morgan fingerprint density at radius 1 is 1.37 bits per heavy atom. The maximum atomic E-state index is 11.6. The number of anilines is 1. The predicted octanol–water partition coefficient (Wildman–Crippen LogP) is 3.72. The summed E-state index contributed by atoms with van der Waals surface area (Å²) in [5.74, 6) is 0.0427. The minimum atomic E-state index is 0.0427. The molecular formula is C12H12BrN3OS2. The molecule has 4 nitrogen and oxygen atoms in total. The summed E-state index contributed by atoms with van der Waals surface area (Å²) < 4.78 is 1.72. The summed E-state index contributed by atoms with van der Waals surface area (Å²) in [4.78, 5) is 14.5. The molecule has 0 unspecified atom stereocenters. The molecule has 0 aliphatic heterocycles. The first-order valence-electron chi connectivity index (χ1n) is 5.46. The number of ketones is 1. The molecular weight excluding hydrogens is 346 g/mol. The minimum Gasteiger partial charge on any atom is -0.353 e. The molecule has 0 saturated carbocycles. The van der Waals surface area contributed by atoms with E-state index in [0.717, 1.165) is 18.8 Å². The van der Waals surface area contributed by atoms with E-state index < -0.39 is 0 Å². The first-order chi connectivity index (χ1) is 8.97. The number of Topliss-reactive ketones (excluding diaryl/α,β-unsaturated/α-hetero) is 1. The van der Waals surface area contributed by atoms with E-state index in [2.05, 4.69) is 26.1 Å². The second-order valence-corrected chi connectivity index (χ2v) is 7.20. The van der Waals surface area contributed by atoms with Gasteiger partial charge in [-0.1, -0.05) is 39.0 Å². The molecule has 2 aromatic rings. The third-order valence-corrected chi connectivity index (χ3v) is 5.01. The van der Waals surface area contributed by atoms with Gasteiger partial charge in [0.25, 0.3) is 0 Å². The lowest BCUT2D eigenvalue weighted by Gasteiger charge is -2.05. The Bertz CT molecular complexity index is 613. The van der Waals surface area contributed by atoms with Crippen LogP contribution in [-0.2, 0) is 0 Å². The maximum Gasteiger partial charge on any atom is 0.208 e. The Labute approximate surface area is 128 Å². The summed E-state index contributed by atoms with van der Waals surface area (Å²) in [7, 11) is 3.85. The molecule has 0 bridgehead atoms. The van der Waals surface area contributed by atoms with E-state index in [1.54, 1.807) is 6.92 Å². The van der Waals surface area contributed by atoms with E-state index in [1.165, 1.54) is 23.1 Å². The van der Waals surface area contributed by atoms with Gasteiger partial charge in [0, 0.05) is 29.0 Å². The fourth-order valence-electron chi connectivity index (χ4n) is 1.38. The lowest BCUT2D eigenvalue weighted by atomic mass is 10.1. The van der Waals surface area contributed by atoms with E-state index in [9.17, 15) is 4.79 Å². The highest BCUT2D eigenvalue weighted by Crippen LogP contribution is 2.35. The van der Waals surface area contributed by atoms with Gasteiger partial charge in [-0.3, -0.25) is 4.79 Å². The zero-order valence-electron chi connectivity index (χ0n) is 10.7. The lowest BCUT2D eigenvalue weighted by molar-refractivity contribution is 0.101. The summed E-state index contributed by atoms with van der Waals surface area (Å²) in [6, 6.07) is 5.67. The zero-order chi connectivity index (χ0) is 14.0. The summed E-state index contributed by atoms with van der Waals surface area (Å²) in [5, 5.41) is 9.06. The van der Waals surface area contributed by atoms with Crippen LogP contribution in [0.15, 0.2) is 31.9 Å². The average Bonchev–Trinajstić information content (AvgIpc) is 2.80. The van der Waals surface area contributed by atoms with Crippen LogP contribution in [0.2, 0.25) is 0 Å². The van der Waals surface area contributed by atoms with Crippen LogP contribution in [0.5, 0.6) is 0 Å². The van der Waals surface area contributed by atoms with Crippen molar-refractivity contribution in [3.05, 3.63) is 28.2 Å². The van der Waals surface area contributed by atoms with Gasteiger partial charge in [-0.25, -0.2) is 0 Å². The lowest BCUT2D eigenvalue weighted by Crippen LogP contribution is -2.07. The molecule has 0 atom stereocenters. The molecule has 0 amide bonds. The average molecular weight is 358 g/mol.